The van der Waals surface area contributed by atoms with Crippen molar-refractivity contribution in [3.8, 4) is 0 Å². The Morgan fingerprint density at radius 2 is 1.75 bits per heavy atom. The van der Waals surface area contributed by atoms with Gasteiger partial charge in [0.25, 0.3) is 0 Å². The molecule has 0 N–H and O–H groups in total. The van der Waals surface area contributed by atoms with E-state index in [-0.39, 0.29) is 6.61 Å². The Labute approximate surface area is 65.8 Å². The van der Waals surface area contributed by atoms with Gasteiger partial charge in [0, 0.05) is 0 Å². The molecule has 0 heterocycles. The van der Waals surface area contributed by atoms with Crippen molar-refractivity contribution >= 4 is 11.8 Å². The average Bonchev–Trinajstić information content (AvgIpc) is 2.02. The van der Waals surface area contributed by atoms with Gasteiger partial charge in [-0.2, -0.15) is 13.2 Å². The fourth-order valence-electron chi connectivity index (χ4n) is 0.372. The van der Waals surface area contributed by atoms with Crippen LogP contribution in [-0.2, 0) is 14.3 Å². The Morgan fingerprint density at radius 3 is 2.08 bits per heavy atom. The third-order valence-corrected chi connectivity index (χ3v) is 0.826. The lowest BCUT2D eigenvalue weighted by Crippen LogP contribution is -2.18. The van der Waals surface area contributed by atoms with Crippen LogP contribution in [0.5, 0.6) is 0 Å². The maximum atomic E-state index is 12.0. The molecule has 0 saturated carbocycles. The molecule has 0 bridgehead atoms. The van der Waals surface area contributed by atoms with E-state index < -0.39 is 23.7 Å². The summed E-state index contributed by atoms with van der Waals surface area (Å²) in [6.45, 7) is 1.18. The summed E-state index contributed by atoms with van der Waals surface area (Å²) in [5.41, 5.74) is 0. The highest BCUT2D eigenvalue weighted by Gasteiger charge is 2.24. The van der Waals surface area contributed by atoms with Crippen molar-refractivity contribution in [1.82, 2.24) is 0 Å². The molecule has 0 unspecified atom stereocenters. The van der Waals surface area contributed by atoms with Crippen LogP contribution in [0.1, 0.15) is 6.92 Å². The molecule has 3 nitrogen and oxygen atoms in total. The molecule has 0 radical (unpaired) electrons. The van der Waals surface area contributed by atoms with E-state index in [4.69, 9.17) is 0 Å². The van der Waals surface area contributed by atoms with Gasteiger partial charge >= 0.3 is 17.8 Å². The Hall–Kier alpha value is -1.33. The predicted octanol–water partition coefficient (Wildman–Crippen LogP) is 1.20. The Balaban J connectivity index is 4.41. The van der Waals surface area contributed by atoms with Crippen molar-refractivity contribution in [1.29, 1.82) is 0 Å². The summed E-state index contributed by atoms with van der Waals surface area (Å²) in [6, 6.07) is 0. The Bertz CT molecular complexity index is 230. The molecule has 68 valence electrons. The zero-order valence-corrected chi connectivity index (χ0v) is 6.07. The minimum absolute atomic E-state index is 0.175. The number of ketones is 1. The van der Waals surface area contributed by atoms with Crippen LogP contribution in [0, 0.1) is 0 Å². The van der Waals surface area contributed by atoms with Crippen molar-refractivity contribution in [3.05, 3.63) is 11.9 Å². The van der Waals surface area contributed by atoms with Gasteiger partial charge in [-0.3, -0.25) is 4.79 Å². The van der Waals surface area contributed by atoms with E-state index in [1.165, 1.54) is 6.92 Å². The second kappa shape index (κ2) is 4.53. The molecule has 0 aliphatic heterocycles. The maximum absolute atomic E-state index is 12.0. The van der Waals surface area contributed by atoms with Crippen molar-refractivity contribution in [2.75, 3.05) is 6.61 Å². The first-order chi connectivity index (χ1) is 5.50. The fourth-order valence-corrected chi connectivity index (χ4v) is 0.372. The summed E-state index contributed by atoms with van der Waals surface area (Å²) in [5.74, 6) is -5.95. The van der Waals surface area contributed by atoms with Crippen LogP contribution < -0.4 is 0 Å². The molecule has 6 heteroatoms. The zero-order chi connectivity index (χ0) is 9.72. The van der Waals surface area contributed by atoms with E-state index in [0.717, 1.165) is 0 Å². The molecule has 0 saturated heterocycles. The third kappa shape index (κ3) is 2.73. The highest BCUT2D eigenvalue weighted by atomic mass is 19.3. The number of ether oxygens (including phenoxy) is 1. The van der Waals surface area contributed by atoms with E-state index in [1.54, 1.807) is 0 Å². The second-order valence-corrected chi connectivity index (χ2v) is 1.62. The van der Waals surface area contributed by atoms with Crippen LogP contribution >= 0.6 is 0 Å². The molecule has 0 aromatic rings. The molecule has 0 aliphatic carbocycles. The molecule has 0 spiro atoms. The van der Waals surface area contributed by atoms with E-state index in [0.29, 0.717) is 0 Å². The number of rotatable bonds is 3. The van der Waals surface area contributed by atoms with E-state index in [2.05, 4.69) is 4.74 Å². The molecular weight excluding hydrogens is 177 g/mol. The lowest BCUT2D eigenvalue weighted by atomic mass is 10.4. The van der Waals surface area contributed by atoms with Crippen molar-refractivity contribution in [2.24, 2.45) is 0 Å². The number of carbonyl (C=O) groups is 2. The van der Waals surface area contributed by atoms with Gasteiger partial charge in [0.05, 0.1) is 6.61 Å². The Morgan fingerprint density at radius 1 is 1.25 bits per heavy atom. The third-order valence-electron chi connectivity index (χ3n) is 0.826. The highest BCUT2D eigenvalue weighted by Crippen LogP contribution is 2.10. The van der Waals surface area contributed by atoms with E-state index in [1.807, 2.05) is 0 Å². The fraction of sp³-hybridized carbons (Fsp3) is 0.333. The molecule has 0 amide bonds. The summed E-state index contributed by atoms with van der Waals surface area (Å²) in [4.78, 5) is 20.6. The minimum atomic E-state index is -2.83. The Kier molecular flexibility index (Phi) is 4.03. The van der Waals surface area contributed by atoms with E-state index in [9.17, 15) is 22.8 Å². The minimum Gasteiger partial charge on any atom is -0.460 e. The van der Waals surface area contributed by atoms with Crippen LogP contribution in [0.3, 0.4) is 0 Å². The van der Waals surface area contributed by atoms with Gasteiger partial charge in [-0.05, 0) is 6.92 Å². The van der Waals surface area contributed by atoms with Crippen LogP contribution in [-0.4, -0.2) is 18.4 Å². The number of carbonyl (C=O) groups excluding carboxylic acids is 2. The lowest BCUT2D eigenvalue weighted by molar-refractivity contribution is -0.152. The first-order valence-corrected chi connectivity index (χ1v) is 2.93. The number of hydrogen-bond acceptors (Lipinski definition) is 3. The smallest absolute Gasteiger partial charge is 0.382 e. The zero-order valence-electron chi connectivity index (χ0n) is 6.07. The van der Waals surface area contributed by atoms with Gasteiger partial charge in [0.2, 0.25) is 5.83 Å². The number of esters is 1. The summed E-state index contributed by atoms with van der Waals surface area (Å²) in [7, 11) is 0. The highest BCUT2D eigenvalue weighted by molar-refractivity contribution is 6.39. The maximum Gasteiger partial charge on any atom is 0.382 e. The first kappa shape index (κ1) is 10.7. The summed E-state index contributed by atoms with van der Waals surface area (Å²) < 4.78 is 38.7. The largest absolute Gasteiger partial charge is 0.460 e. The second-order valence-electron chi connectivity index (χ2n) is 1.62. The van der Waals surface area contributed by atoms with Gasteiger partial charge < -0.3 is 4.74 Å². The summed E-state index contributed by atoms with van der Waals surface area (Å²) >= 11 is 0. The molecule has 0 atom stereocenters. The molecular formula is C6H5F3O3. The van der Waals surface area contributed by atoms with Crippen molar-refractivity contribution in [2.45, 2.75) is 6.92 Å². The van der Waals surface area contributed by atoms with E-state index >= 15 is 0 Å². The topological polar surface area (TPSA) is 43.4 Å². The monoisotopic (exact) mass is 182 g/mol. The summed E-state index contributed by atoms with van der Waals surface area (Å²) in [6.07, 6.45) is -2.83. The lowest BCUT2D eigenvalue weighted by Gasteiger charge is -1.96. The molecule has 0 rings (SSSR count). The average molecular weight is 182 g/mol. The SMILES string of the molecule is CCOC(=O)C(=O)C(F)=C(F)F. The number of hydrogen-bond donors (Lipinski definition) is 0. The van der Waals surface area contributed by atoms with Gasteiger partial charge in [0.1, 0.15) is 0 Å². The molecule has 12 heavy (non-hydrogen) atoms. The van der Waals surface area contributed by atoms with Crippen LogP contribution in [0.25, 0.3) is 0 Å². The van der Waals surface area contributed by atoms with Crippen LogP contribution in [0.2, 0.25) is 0 Å². The molecule has 0 aliphatic rings. The van der Waals surface area contributed by atoms with Crippen LogP contribution in [0.15, 0.2) is 11.9 Å². The quantitative estimate of drug-likeness (QED) is 0.374. The van der Waals surface area contributed by atoms with Crippen LogP contribution in [0.4, 0.5) is 13.2 Å². The van der Waals surface area contributed by atoms with Gasteiger partial charge in [-0.15, -0.1) is 0 Å². The van der Waals surface area contributed by atoms with Gasteiger partial charge in [-0.1, -0.05) is 0 Å². The molecule has 0 aromatic heterocycles. The predicted molar refractivity (Wildman–Crippen MR) is 32.0 cm³/mol. The van der Waals surface area contributed by atoms with Gasteiger partial charge in [0.15, 0.2) is 0 Å². The standard InChI is InChI=1S/C6H5F3O3/c1-2-12-6(11)4(10)3(7)5(8)9/h2H2,1H3. The first-order valence-electron chi connectivity index (χ1n) is 2.93. The van der Waals surface area contributed by atoms with Crippen molar-refractivity contribution in [3.63, 3.8) is 0 Å². The number of halogens is 3. The molecule has 0 fully saturated rings. The number of Topliss-reactive ketones (excluding diaryl/α,β-unsaturated/α-hetero) is 1. The van der Waals surface area contributed by atoms with Gasteiger partial charge in [-0.25, -0.2) is 4.79 Å². The normalized spacial score (nSPS) is 9.00. The molecule has 0 aromatic carbocycles. The van der Waals surface area contributed by atoms with Crippen molar-refractivity contribution < 1.29 is 27.5 Å². The summed E-state index contributed by atoms with van der Waals surface area (Å²) in [5, 5.41) is 0.